The van der Waals surface area contributed by atoms with Gasteiger partial charge in [0.15, 0.2) is 5.65 Å². The Balaban J connectivity index is 0.00000144. The van der Waals surface area contributed by atoms with Crippen LogP contribution in [0.4, 0.5) is 0 Å². The summed E-state index contributed by atoms with van der Waals surface area (Å²) in [5.74, 6) is 0. The van der Waals surface area contributed by atoms with Crippen molar-refractivity contribution in [3.8, 4) is 0 Å². The van der Waals surface area contributed by atoms with Crippen molar-refractivity contribution in [2.24, 2.45) is 0 Å². The van der Waals surface area contributed by atoms with E-state index in [0.29, 0.717) is 17.6 Å². The Bertz CT molecular complexity index is 727. The van der Waals surface area contributed by atoms with E-state index < -0.39 is 0 Å². The van der Waals surface area contributed by atoms with Gasteiger partial charge in [0, 0.05) is 6.20 Å². The molecule has 2 fully saturated rings. The van der Waals surface area contributed by atoms with Gasteiger partial charge in [0.2, 0.25) is 0 Å². The molecule has 2 aromatic heterocycles. The maximum Gasteiger partial charge on any atom is 0.263 e. The molecule has 4 rings (SSSR count). The Labute approximate surface area is 134 Å². The van der Waals surface area contributed by atoms with Crippen molar-refractivity contribution in [1.29, 1.82) is 0 Å². The van der Waals surface area contributed by atoms with Crippen LogP contribution in [0.5, 0.6) is 0 Å². The molecular weight excluding hydrogens is 304 g/mol. The summed E-state index contributed by atoms with van der Waals surface area (Å²) < 4.78 is 7.80. The van der Waals surface area contributed by atoms with Crippen molar-refractivity contribution in [2.75, 3.05) is 19.7 Å². The number of piperidine rings is 1. The smallest absolute Gasteiger partial charge is 0.263 e. The van der Waals surface area contributed by atoms with Crippen molar-refractivity contribution in [1.82, 2.24) is 19.9 Å². The molecule has 1 atom stereocenters. The SMILES string of the molecule is Cl.O=c1c2cccnc2ncn1C1COC2(CCNCC2)C1. The molecule has 1 unspecified atom stereocenters. The fourth-order valence-electron chi connectivity index (χ4n) is 3.47. The summed E-state index contributed by atoms with van der Waals surface area (Å²) in [5, 5.41) is 3.93. The average molecular weight is 323 g/mol. The van der Waals surface area contributed by atoms with Crippen molar-refractivity contribution < 1.29 is 4.74 Å². The highest BCUT2D eigenvalue weighted by Crippen LogP contribution is 2.38. The van der Waals surface area contributed by atoms with Gasteiger partial charge in [-0.3, -0.25) is 9.36 Å². The molecule has 0 aromatic carbocycles. The Hall–Kier alpha value is -1.50. The molecule has 118 valence electrons. The van der Waals surface area contributed by atoms with Gasteiger partial charge in [0.1, 0.15) is 6.33 Å². The number of ether oxygens (including phenoxy) is 1. The third kappa shape index (κ3) is 2.51. The van der Waals surface area contributed by atoms with Gasteiger partial charge in [-0.1, -0.05) is 0 Å². The Morgan fingerprint density at radius 2 is 2.14 bits per heavy atom. The van der Waals surface area contributed by atoms with Gasteiger partial charge < -0.3 is 10.1 Å². The lowest BCUT2D eigenvalue weighted by atomic mass is 9.88. The van der Waals surface area contributed by atoms with Gasteiger partial charge in [-0.2, -0.15) is 0 Å². The Morgan fingerprint density at radius 3 is 2.95 bits per heavy atom. The monoisotopic (exact) mass is 322 g/mol. The molecule has 0 amide bonds. The number of nitrogens with one attached hydrogen (secondary N) is 1. The summed E-state index contributed by atoms with van der Waals surface area (Å²) in [7, 11) is 0. The van der Waals surface area contributed by atoms with Crippen LogP contribution in [0.2, 0.25) is 0 Å². The highest BCUT2D eigenvalue weighted by atomic mass is 35.5. The van der Waals surface area contributed by atoms with Crippen LogP contribution in [0.1, 0.15) is 25.3 Å². The van der Waals surface area contributed by atoms with Crippen molar-refractivity contribution in [3.05, 3.63) is 35.0 Å². The Morgan fingerprint density at radius 1 is 1.32 bits per heavy atom. The number of hydrogen-bond donors (Lipinski definition) is 1. The van der Waals surface area contributed by atoms with E-state index in [1.54, 1.807) is 29.2 Å². The van der Waals surface area contributed by atoms with E-state index in [9.17, 15) is 4.79 Å². The van der Waals surface area contributed by atoms with Gasteiger partial charge in [-0.25, -0.2) is 9.97 Å². The molecule has 1 spiro atoms. The van der Waals surface area contributed by atoms with Crippen molar-refractivity contribution in [3.63, 3.8) is 0 Å². The van der Waals surface area contributed by atoms with Gasteiger partial charge in [0.05, 0.1) is 23.6 Å². The van der Waals surface area contributed by atoms with E-state index in [4.69, 9.17) is 4.74 Å². The highest BCUT2D eigenvalue weighted by Gasteiger charge is 2.42. The van der Waals surface area contributed by atoms with E-state index >= 15 is 0 Å². The standard InChI is InChI=1S/C15H18N4O2.ClH/c20-14-12-2-1-5-17-13(12)18-10-19(14)11-8-15(21-9-11)3-6-16-7-4-15;/h1-2,5,10-11,16H,3-4,6-9H2;1H. The first kappa shape index (κ1) is 15.4. The zero-order chi connectivity index (χ0) is 14.3. The molecule has 0 saturated carbocycles. The van der Waals surface area contributed by atoms with Crippen LogP contribution in [-0.2, 0) is 4.74 Å². The second-order valence-electron chi connectivity index (χ2n) is 5.93. The second-order valence-corrected chi connectivity index (χ2v) is 5.93. The molecule has 2 aromatic rings. The van der Waals surface area contributed by atoms with E-state index in [1.165, 1.54) is 0 Å². The minimum absolute atomic E-state index is 0. The Kier molecular flexibility index (Phi) is 4.16. The lowest BCUT2D eigenvalue weighted by molar-refractivity contribution is -0.0196. The number of rotatable bonds is 1. The van der Waals surface area contributed by atoms with Crippen LogP contribution >= 0.6 is 12.4 Å². The van der Waals surface area contributed by atoms with Crippen LogP contribution in [-0.4, -0.2) is 39.8 Å². The minimum Gasteiger partial charge on any atom is -0.373 e. The summed E-state index contributed by atoms with van der Waals surface area (Å²) >= 11 is 0. The van der Waals surface area contributed by atoms with Gasteiger partial charge in [-0.15, -0.1) is 12.4 Å². The molecule has 2 aliphatic heterocycles. The molecule has 1 N–H and O–H groups in total. The molecular formula is C15H19ClN4O2. The summed E-state index contributed by atoms with van der Waals surface area (Å²) in [6, 6.07) is 3.63. The molecule has 6 nitrogen and oxygen atoms in total. The van der Waals surface area contributed by atoms with Crippen molar-refractivity contribution in [2.45, 2.75) is 30.9 Å². The van der Waals surface area contributed by atoms with E-state index in [1.807, 2.05) is 0 Å². The fourth-order valence-corrected chi connectivity index (χ4v) is 3.47. The summed E-state index contributed by atoms with van der Waals surface area (Å²) in [6.07, 6.45) is 6.19. The molecule has 7 heteroatoms. The second kappa shape index (κ2) is 5.95. The van der Waals surface area contributed by atoms with Crippen LogP contribution in [0.25, 0.3) is 11.0 Å². The number of fused-ring (bicyclic) bond motifs is 1. The quantitative estimate of drug-likeness (QED) is 0.857. The lowest BCUT2D eigenvalue weighted by Gasteiger charge is -2.32. The molecule has 0 aliphatic carbocycles. The van der Waals surface area contributed by atoms with Gasteiger partial charge >= 0.3 is 0 Å². The van der Waals surface area contributed by atoms with Crippen LogP contribution in [0.3, 0.4) is 0 Å². The normalized spacial score (nSPS) is 23.5. The topological polar surface area (TPSA) is 69.0 Å². The first-order chi connectivity index (χ1) is 10.3. The molecule has 2 aliphatic rings. The number of aromatic nitrogens is 3. The van der Waals surface area contributed by atoms with E-state index in [0.717, 1.165) is 32.4 Å². The number of pyridine rings is 1. The number of hydrogen-bond acceptors (Lipinski definition) is 5. The zero-order valence-electron chi connectivity index (χ0n) is 12.2. The first-order valence-corrected chi connectivity index (χ1v) is 7.44. The summed E-state index contributed by atoms with van der Waals surface area (Å²) in [4.78, 5) is 21.0. The number of nitrogens with zero attached hydrogens (tertiary/aromatic N) is 3. The van der Waals surface area contributed by atoms with E-state index in [2.05, 4.69) is 15.3 Å². The minimum atomic E-state index is -0.0563. The van der Waals surface area contributed by atoms with Crippen molar-refractivity contribution >= 4 is 23.4 Å². The van der Waals surface area contributed by atoms with Crippen LogP contribution in [0.15, 0.2) is 29.5 Å². The summed E-state index contributed by atoms with van der Waals surface area (Å²) in [6.45, 7) is 2.57. The molecule has 0 radical (unpaired) electrons. The van der Waals surface area contributed by atoms with Crippen LogP contribution < -0.4 is 10.9 Å². The average Bonchev–Trinajstić information content (AvgIpc) is 2.92. The van der Waals surface area contributed by atoms with E-state index in [-0.39, 0.29) is 29.6 Å². The molecule has 0 bridgehead atoms. The lowest BCUT2D eigenvalue weighted by Crippen LogP contribution is -2.41. The fraction of sp³-hybridized carbons (Fsp3) is 0.533. The third-order valence-corrected chi connectivity index (χ3v) is 4.65. The molecule has 2 saturated heterocycles. The van der Waals surface area contributed by atoms with Gasteiger partial charge in [-0.05, 0) is 44.5 Å². The van der Waals surface area contributed by atoms with Gasteiger partial charge in [0.25, 0.3) is 5.56 Å². The molecule has 22 heavy (non-hydrogen) atoms. The number of halogens is 1. The maximum absolute atomic E-state index is 12.6. The largest absolute Gasteiger partial charge is 0.373 e. The maximum atomic E-state index is 12.6. The zero-order valence-corrected chi connectivity index (χ0v) is 13.0. The first-order valence-electron chi connectivity index (χ1n) is 7.44. The predicted molar refractivity (Wildman–Crippen MR) is 85.5 cm³/mol. The predicted octanol–water partition coefficient (Wildman–Crippen LogP) is 1.30. The third-order valence-electron chi connectivity index (χ3n) is 4.65. The summed E-state index contributed by atoms with van der Waals surface area (Å²) in [5.41, 5.74) is 0.432. The molecule has 4 heterocycles. The highest BCUT2D eigenvalue weighted by molar-refractivity contribution is 5.85. The van der Waals surface area contributed by atoms with Crippen LogP contribution in [0, 0.1) is 0 Å².